The summed E-state index contributed by atoms with van der Waals surface area (Å²) in [6.07, 6.45) is 3.82. The van der Waals surface area contributed by atoms with Crippen LogP contribution in [0.3, 0.4) is 0 Å². The lowest BCUT2D eigenvalue weighted by molar-refractivity contribution is 0.0990. The van der Waals surface area contributed by atoms with Gasteiger partial charge in [-0.1, -0.05) is 57.8 Å². The number of rotatable bonds is 8. The Balaban J connectivity index is 2.41. The first-order valence-corrected chi connectivity index (χ1v) is 12.3. The van der Waals surface area contributed by atoms with Crippen LogP contribution in [-0.2, 0) is 10.0 Å². The number of nitrogens with zero attached hydrogens (tertiary/aromatic N) is 2. The minimum absolute atomic E-state index is 0.0207. The fraction of sp³-hybridized carbons (Fsp3) is 0.312. The van der Waals surface area contributed by atoms with Crippen molar-refractivity contribution in [1.29, 1.82) is 0 Å². The van der Waals surface area contributed by atoms with E-state index in [1.54, 1.807) is 19.2 Å². The topological polar surface area (TPSA) is 89.0 Å². The number of hydrogen-bond acceptors (Lipinski definition) is 6. The van der Waals surface area contributed by atoms with Gasteiger partial charge < -0.3 is 0 Å². The van der Waals surface area contributed by atoms with Crippen LogP contribution in [0.4, 0.5) is 5.69 Å². The van der Waals surface area contributed by atoms with Crippen molar-refractivity contribution in [3.8, 4) is 0 Å². The summed E-state index contributed by atoms with van der Waals surface area (Å²) in [4.78, 5) is 20.5. The molecule has 6 nitrogen and oxygen atoms in total. The molecule has 0 aliphatic carbocycles. The number of carbonyl (C=O) groups excluding carboxylic acids is 1. The van der Waals surface area contributed by atoms with Crippen molar-refractivity contribution in [2.24, 2.45) is 0 Å². The third-order valence-electron chi connectivity index (χ3n) is 3.37. The third kappa shape index (κ3) is 5.80. The van der Waals surface area contributed by atoms with Gasteiger partial charge in [0.25, 0.3) is 0 Å². The van der Waals surface area contributed by atoms with Gasteiger partial charge in [-0.3, -0.25) is 9.52 Å². The fourth-order valence-corrected chi connectivity index (χ4v) is 4.72. The molecule has 1 aromatic carbocycles. The van der Waals surface area contributed by atoms with Crippen LogP contribution in [0.25, 0.3) is 0 Å². The van der Waals surface area contributed by atoms with Crippen molar-refractivity contribution < 1.29 is 13.2 Å². The van der Waals surface area contributed by atoms with Crippen LogP contribution in [0.15, 0.2) is 29.6 Å². The zero-order valence-corrected chi connectivity index (χ0v) is 19.1. The highest BCUT2D eigenvalue weighted by Crippen LogP contribution is 2.35. The average molecular weight is 513 g/mol. The van der Waals surface area contributed by atoms with Gasteiger partial charge >= 0.3 is 0 Å². The smallest absolute Gasteiger partial charge is 0.232 e. The van der Waals surface area contributed by atoms with Crippen molar-refractivity contribution >= 4 is 72.4 Å². The zero-order chi connectivity index (χ0) is 20.2. The molecule has 1 heterocycles. The molecular formula is C16H16BrCl2N3O3S2. The number of alkyl halides is 1. The standard InChI is InChI=1S/C16H16BrCl2N3O3S2/c1-3-6-27(24,25)22-12-8-9(18)7-10(14(12)19)15(23)13(17)11-4-5-20-16(21-11)26-2/h4-5,7-8,13,22H,3,6H2,1-2H3. The van der Waals surface area contributed by atoms with E-state index in [9.17, 15) is 13.2 Å². The van der Waals surface area contributed by atoms with Gasteiger partial charge in [-0.25, -0.2) is 18.4 Å². The highest BCUT2D eigenvalue weighted by atomic mass is 79.9. The number of Topliss-reactive ketones (excluding diaryl/α,β-unsaturated/α-hetero) is 1. The summed E-state index contributed by atoms with van der Waals surface area (Å²) in [6.45, 7) is 1.74. The number of thioether (sulfide) groups is 1. The van der Waals surface area contributed by atoms with E-state index >= 15 is 0 Å². The molecule has 0 spiro atoms. The maximum atomic E-state index is 12.9. The predicted octanol–water partition coefficient (Wildman–Crippen LogP) is 4.98. The molecule has 1 N–H and O–H groups in total. The Labute approximate surface area is 180 Å². The van der Waals surface area contributed by atoms with E-state index in [-0.39, 0.29) is 27.0 Å². The van der Waals surface area contributed by atoms with Gasteiger partial charge in [0.1, 0.15) is 4.83 Å². The van der Waals surface area contributed by atoms with Crippen LogP contribution in [-0.4, -0.2) is 36.2 Å². The minimum atomic E-state index is -3.59. The summed E-state index contributed by atoms with van der Waals surface area (Å²) in [5, 5.41) is 0.687. The lowest BCUT2D eigenvalue weighted by Crippen LogP contribution is -2.17. The molecule has 0 fully saturated rings. The Kier molecular flexibility index (Phi) is 7.94. The normalized spacial score (nSPS) is 12.6. The molecule has 11 heteroatoms. The molecular weight excluding hydrogens is 497 g/mol. The quantitative estimate of drug-likeness (QED) is 0.232. The average Bonchev–Trinajstić information content (AvgIpc) is 2.62. The van der Waals surface area contributed by atoms with E-state index in [1.165, 1.54) is 23.9 Å². The highest BCUT2D eigenvalue weighted by Gasteiger charge is 2.25. The molecule has 0 bridgehead atoms. The van der Waals surface area contributed by atoms with Crippen LogP contribution >= 0.6 is 50.9 Å². The predicted molar refractivity (Wildman–Crippen MR) is 114 cm³/mol. The van der Waals surface area contributed by atoms with Crippen molar-refractivity contribution in [3.63, 3.8) is 0 Å². The number of ketones is 1. The second kappa shape index (κ2) is 9.56. The molecule has 0 amide bonds. The first-order valence-electron chi connectivity index (χ1n) is 7.73. The summed E-state index contributed by atoms with van der Waals surface area (Å²) in [6, 6.07) is 4.38. The largest absolute Gasteiger partial charge is 0.292 e. The molecule has 1 aromatic heterocycles. The monoisotopic (exact) mass is 511 g/mol. The van der Waals surface area contributed by atoms with Crippen molar-refractivity contribution in [3.05, 3.63) is 45.7 Å². The van der Waals surface area contributed by atoms with E-state index in [1.807, 2.05) is 6.26 Å². The van der Waals surface area contributed by atoms with E-state index < -0.39 is 20.6 Å². The molecule has 146 valence electrons. The first-order chi connectivity index (χ1) is 12.7. The Bertz CT molecular complexity index is 958. The SMILES string of the molecule is CCCS(=O)(=O)Nc1cc(Cl)cc(C(=O)C(Br)c2ccnc(SC)n2)c1Cl. The van der Waals surface area contributed by atoms with E-state index in [0.717, 1.165) is 0 Å². The number of nitrogens with one attached hydrogen (secondary N) is 1. The summed E-state index contributed by atoms with van der Waals surface area (Å²) in [7, 11) is -3.59. The summed E-state index contributed by atoms with van der Waals surface area (Å²) in [5.41, 5.74) is 0.612. The van der Waals surface area contributed by atoms with E-state index in [0.29, 0.717) is 17.3 Å². The molecule has 0 aliphatic rings. The van der Waals surface area contributed by atoms with Crippen LogP contribution in [0.5, 0.6) is 0 Å². The Hall–Kier alpha value is -0.870. The fourth-order valence-electron chi connectivity index (χ4n) is 2.19. The Morgan fingerprint density at radius 1 is 1.37 bits per heavy atom. The lowest BCUT2D eigenvalue weighted by Gasteiger charge is -2.15. The maximum Gasteiger partial charge on any atom is 0.232 e. The maximum absolute atomic E-state index is 12.9. The molecule has 0 saturated heterocycles. The molecule has 2 rings (SSSR count). The second-order valence-corrected chi connectivity index (χ2v) is 9.78. The molecule has 0 radical (unpaired) electrons. The van der Waals surface area contributed by atoms with Crippen molar-refractivity contribution in [2.45, 2.75) is 23.3 Å². The van der Waals surface area contributed by atoms with Gasteiger partial charge in [0.05, 0.1) is 22.2 Å². The molecule has 1 unspecified atom stereocenters. The van der Waals surface area contributed by atoms with Gasteiger partial charge in [0.2, 0.25) is 10.0 Å². The first kappa shape index (κ1) is 22.4. The Morgan fingerprint density at radius 2 is 2.07 bits per heavy atom. The van der Waals surface area contributed by atoms with Gasteiger partial charge in [0.15, 0.2) is 10.9 Å². The van der Waals surface area contributed by atoms with Crippen molar-refractivity contribution in [2.75, 3.05) is 16.7 Å². The van der Waals surface area contributed by atoms with Crippen LogP contribution < -0.4 is 4.72 Å². The van der Waals surface area contributed by atoms with Crippen LogP contribution in [0.2, 0.25) is 10.0 Å². The minimum Gasteiger partial charge on any atom is -0.292 e. The number of benzene rings is 1. The van der Waals surface area contributed by atoms with Crippen LogP contribution in [0, 0.1) is 0 Å². The summed E-state index contributed by atoms with van der Waals surface area (Å²) >= 11 is 17.1. The lowest BCUT2D eigenvalue weighted by atomic mass is 10.1. The molecule has 2 aromatic rings. The van der Waals surface area contributed by atoms with E-state index in [4.69, 9.17) is 23.2 Å². The van der Waals surface area contributed by atoms with Gasteiger partial charge in [-0.05, 0) is 30.9 Å². The van der Waals surface area contributed by atoms with Crippen LogP contribution in [0.1, 0.15) is 34.2 Å². The molecule has 27 heavy (non-hydrogen) atoms. The van der Waals surface area contributed by atoms with Crippen molar-refractivity contribution in [1.82, 2.24) is 9.97 Å². The second-order valence-electron chi connectivity index (χ2n) is 5.43. The number of hydrogen-bond donors (Lipinski definition) is 1. The molecule has 1 atom stereocenters. The number of sulfonamides is 1. The number of halogens is 3. The molecule has 0 saturated carbocycles. The highest BCUT2D eigenvalue weighted by molar-refractivity contribution is 9.09. The number of aromatic nitrogens is 2. The Morgan fingerprint density at radius 3 is 2.70 bits per heavy atom. The van der Waals surface area contributed by atoms with Gasteiger partial charge in [-0.2, -0.15) is 0 Å². The molecule has 0 aliphatic heterocycles. The van der Waals surface area contributed by atoms with Gasteiger partial charge in [-0.15, -0.1) is 0 Å². The number of anilines is 1. The summed E-state index contributed by atoms with van der Waals surface area (Å²) < 4.78 is 26.5. The number of carbonyl (C=O) groups is 1. The summed E-state index contributed by atoms with van der Waals surface area (Å²) in [5.74, 6) is -0.470. The van der Waals surface area contributed by atoms with Gasteiger partial charge in [0, 0.05) is 16.8 Å². The van der Waals surface area contributed by atoms with E-state index in [2.05, 4.69) is 30.6 Å². The zero-order valence-electron chi connectivity index (χ0n) is 14.4. The third-order valence-corrected chi connectivity index (χ3v) is 6.92.